The van der Waals surface area contributed by atoms with E-state index in [2.05, 4.69) is 15.6 Å². The topological polar surface area (TPSA) is 42.7 Å². The van der Waals surface area contributed by atoms with Gasteiger partial charge in [0.25, 0.3) is 6.43 Å². The van der Waals surface area contributed by atoms with E-state index in [0.29, 0.717) is 12.2 Å². The van der Waals surface area contributed by atoms with Gasteiger partial charge >= 0.3 is 0 Å². The van der Waals surface area contributed by atoms with Crippen molar-refractivity contribution in [1.29, 1.82) is 0 Å². The van der Waals surface area contributed by atoms with Crippen LogP contribution >= 0.6 is 0 Å². The molecule has 1 aromatic rings. The Hall–Kier alpha value is -1.04. The summed E-state index contributed by atoms with van der Waals surface area (Å²) < 4.78 is 25.2. The molecule has 0 aliphatic rings. The molecule has 6 heteroatoms. The zero-order chi connectivity index (χ0) is 11.5. The van der Waals surface area contributed by atoms with E-state index in [0.717, 1.165) is 4.68 Å². The maximum atomic E-state index is 12.0. The molecule has 0 saturated carbocycles. The maximum absolute atomic E-state index is 12.0. The Balaban J connectivity index is 2.46. The number of alkyl halides is 2. The van der Waals surface area contributed by atoms with Crippen molar-refractivity contribution < 1.29 is 8.78 Å². The number of nitrogens with one attached hydrogen (secondary N) is 1. The summed E-state index contributed by atoms with van der Waals surface area (Å²) in [4.78, 5) is 0. The number of rotatable bonds is 4. The molecule has 15 heavy (non-hydrogen) atoms. The van der Waals surface area contributed by atoms with Crippen molar-refractivity contribution >= 4 is 0 Å². The molecule has 0 radical (unpaired) electrons. The first-order valence-corrected chi connectivity index (χ1v) is 4.79. The number of hydrogen-bond acceptors (Lipinski definition) is 3. The Morgan fingerprint density at radius 1 is 1.47 bits per heavy atom. The van der Waals surface area contributed by atoms with Crippen molar-refractivity contribution in [2.45, 2.75) is 45.8 Å². The molecule has 0 aliphatic heterocycles. The molecule has 0 fully saturated rings. The second-order valence-corrected chi connectivity index (χ2v) is 4.43. The summed E-state index contributed by atoms with van der Waals surface area (Å²) in [5, 5.41) is 10.6. The Morgan fingerprint density at radius 3 is 2.67 bits per heavy atom. The van der Waals surface area contributed by atoms with Crippen LogP contribution in [0, 0.1) is 0 Å². The van der Waals surface area contributed by atoms with Crippen molar-refractivity contribution in [3.05, 3.63) is 11.9 Å². The predicted octanol–water partition coefficient (Wildman–Crippen LogP) is 1.43. The summed E-state index contributed by atoms with van der Waals surface area (Å²) in [6.07, 6.45) is -0.861. The quantitative estimate of drug-likeness (QED) is 0.831. The highest BCUT2D eigenvalue weighted by molar-refractivity contribution is 4.93. The average Bonchev–Trinajstić information content (AvgIpc) is 2.46. The summed E-state index contributed by atoms with van der Waals surface area (Å²) in [5.74, 6) is 0. The number of nitrogens with zero attached hydrogens (tertiary/aromatic N) is 3. The fraction of sp³-hybridized carbons (Fsp3) is 0.778. The highest BCUT2D eigenvalue weighted by Crippen LogP contribution is 2.02. The molecule has 0 aliphatic carbocycles. The van der Waals surface area contributed by atoms with Crippen LogP contribution < -0.4 is 5.32 Å². The largest absolute Gasteiger partial charge is 0.306 e. The molecule has 0 amide bonds. The predicted molar refractivity (Wildman–Crippen MR) is 52.6 cm³/mol. The zero-order valence-electron chi connectivity index (χ0n) is 9.17. The van der Waals surface area contributed by atoms with E-state index < -0.39 is 13.0 Å². The summed E-state index contributed by atoms with van der Waals surface area (Å²) >= 11 is 0. The number of aromatic nitrogens is 3. The number of halogens is 2. The molecule has 0 unspecified atom stereocenters. The van der Waals surface area contributed by atoms with Gasteiger partial charge in [0.1, 0.15) is 6.54 Å². The summed E-state index contributed by atoms with van der Waals surface area (Å²) in [5.41, 5.74) is 0.650. The van der Waals surface area contributed by atoms with Crippen molar-refractivity contribution in [3.8, 4) is 0 Å². The lowest BCUT2D eigenvalue weighted by molar-refractivity contribution is 0.121. The first kappa shape index (κ1) is 12.0. The van der Waals surface area contributed by atoms with Gasteiger partial charge in [0.05, 0.1) is 5.69 Å². The number of hydrogen-bond donors (Lipinski definition) is 1. The molecule has 1 rings (SSSR count). The lowest BCUT2D eigenvalue weighted by Crippen LogP contribution is -2.35. The monoisotopic (exact) mass is 218 g/mol. The fourth-order valence-corrected chi connectivity index (χ4v) is 1.01. The van der Waals surface area contributed by atoms with E-state index in [-0.39, 0.29) is 5.54 Å². The third kappa shape index (κ3) is 4.83. The standard InChI is InChI=1S/C9H16F2N4/c1-9(2,3)12-4-7-5-15(14-13-7)6-8(10)11/h5,8,12H,4,6H2,1-3H3. The lowest BCUT2D eigenvalue weighted by Gasteiger charge is -2.19. The van der Waals surface area contributed by atoms with Crippen molar-refractivity contribution in [1.82, 2.24) is 20.3 Å². The Kier molecular flexibility index (Phi) is 3.73. The zero-order valence-corrected chi connectivity index (χ0v) is 9.17. The summed E-state index contributed by atoms with van der Waals surface area (Å²) in [7, 11) is 0. The Bertz CT molecular complexity index is 303. The van der Waals surface area contributed by atoms with Crippen LogP contribution in [0.15, 0.2) is 6.20 Å². The smallest absolute Gasteiger partial charge is 0.257 e. The van der Waals surface area contributed by atoms with Crippen LogP contribution in [0.4, 0.5) is 8.78 Å². The molecule has 0 saturated heterocycles. The molecule has 1 heterocycles. The second-order valence-electron chi connectivity index (χ2n) is 4.43. The normalized spacial score (nSPS) is 12.4. The van der Waals surface area contributed by atoms with Gasteiger partial charge in [-0.25, -0.2) is 13.5 Å². The van der Waals surface area contributed by atoms with E-state index in [9.17, 15) is 8.78 Å². The molecule has 1 N–H and O–H groups in total. The van der Waals surface area contributed by atoms with Crippen LogP contribution in [-0.2, 0) is 13.1 Å². The van der Waals surface area contributed by atoms with Crippen LogP contribution in [-0.4, -0.2) is 27.0 Å². The first-order valence-electron chi connectivity index (χ1n) is 4.79. The molecule has 4 nitrogen and oxygen atoms in total. The van der Waals surface area contributed by atoms with Gasteiger partial charge in [-0.3, -0.25) is 0 Å². The van der Waals surface area contributed by atoms with Crippen LogP contribution in [0.5, 0.6) is 0 Å². The minimum atomic E-state index is -2.39. The average molecular weight is 218 g/mol. The van der Waals surface area contributed by atoms with E-state index in [4.69, 9.17) is 0 Å². The fourth-order valence-electron chi connectivity index (χ4n) is 1.01. The molecule has 0 aromatic carbocycles. The van der Waals surface area contributed by atoms with Gasteiger partial charge in [-0.15, -0.1) is 5.10 Å². The lowest BCUT2D eigenvalue weighted by atomic mass is 10.1. The molecule has 1 aromatic heterocycles. The third-order valence-electron chi connectivity index (χ3n) is 1.71. The highest BCUT2D eigenvalue weighted by atomic mass is 19.3. The van der Waals surface area contributed by atoms with E-state index in [1.807, 2.05) is 20.8 Å². The van der Waals surface area contributed by atoms with E-state index in [1.54, 1.807) is 0 Å². The minimum absolute atomic E-state index is 0.0213. The summed E-state index contributed by atoms with van der Waals surface area (Å²) in [6.45, 7) is 6.21. The van der Waals surface area contributed by atoms with Gasteiger partial charge in [-0.2, -0.15) is 0 Å². The highest BCUT2D eigenvalue weighted by Gasteiger charge is 2.11. The molecule has 0 spiro atoms. The van der Waals surface area contributed by atoms with Crippen LogP contribution in [0.25, 0.3) is 0 Å². The molecule has 86 valence electrons. The summed E-state index contributed by atoms with van der Waals surface area (Å²) in [6, 6.07) is 0. The van der Waals surface area contributed by atoms with Gasteiger partial charge in [-0.05, 0) is 20.8 Å². The Labute approximate surface area is 87.7 Å². The molecular formula is C9H16F2N4. The third-order valence-corrected chi connectivity index (χ3v) is 1.71. The van der Waals surface area contributed by atoms with Crippen molar-refractivity contribution in [2.24, 2.45) is 0 Å². The SMILES string of the molecule is CC(C)(C)NCc1cn(CC(F)F)nn1. The molecule has 0 atom stereocenters. The van der Waals surface area contributed by atoms with Gasteiger partial charge in [-0.1, -0.05) is 5.21 Å². The van der Waals surface area contributed by atoms with Gasteiger partial charge in [0.15, 0.2) is 0 Å². The van der Waals surface area contributed by atoms with E-state index >= 15 is 0 Å². The van der Waals surface area contributed by atoms with Crippen LogP contribution in [0.2, 0.25) is 0 Å². The van der Waals surface area contributed by atoms with Gasteiger partial charge in [0.2, 0.25) is 0 Å². The van der Waals surface area contributed by atoms with Crippen LogP contribution in [0.3, 0.4) is 0 Å². The Morgan fingerprint density at radius 2 is 2.13 bits per heavy atom. The van der Waals surface area contributed by atoms with Crippen molar-refractivity contribution in [3.63, 3.8) is 0 Å². The maximum Gasteiger partial charge on any atom is 0.257 e. The minimum Gasteiger partial charge on any atom is -0.306 e. The van der Waals surface area contributed by atoms with Crippen LogP contribution in [0.1, 0.15) is 26.5 Å². The van der Waals surface area contributed by atoms with Gasteiger partial charge < -0.3 is 5.32 Å². The van der Waals surface area contributed by atoms with E-state index in [1.165, 1.54) is 6.20 Å². The van der Waals surface area contributed by atoms with Crippen molar-refractivity contribution in [2.75, 3.05) is 0 Å². The second kappa shape index (κ2) is 4.65. The molecular weight excluding hydrogens is 202 g/mol. The molecule has 0 bridgehead atoms. The first-order chi connectivity index (χ1) is 6.87. The van der Waals surface area contributed by atoms with Gasteiger partial charge in [0, 0.05) is 18.3 Å².